The lowest BCUT2D eigenvalue weighted by Crippen LogP contribution is -2.35. The molecule has 1 saturated heterocycles. The molecule has 9 heteroatoms. The van der Waals surface area contributed by atoms with Gasteiger partial charge < -0.3 is 19.9 Å². The third-order valence-electron chi connectivity index (χ3n) is 5.21. The molecule has 4 rings (SSSR count). The Balaban J connectivity index is 1.26. The molecule has 31 heavy (non-hydrogen) atoms. The zero-order valence-electron chi connectivity index (χ0n) is 17.4. The first-order valence-electron chi connectivity index (χ1n) is 10.3. The third kappa shape index (κ3) is 5.29. The Labute approximate surface area is 184 Å². The average Bonchev–Trinajstić information content (AvgIpc) is 3.07. The second-order valence-electron chi connectivity index (χ2n) is 7.32. The molecule has 1 fully saturated rings. The zero-order chi connectivity index (χ0) is 21.6. The summed E-state index contributed by atoms with van der Waals surface area (Å²) < 4.78 is 5.11. The van der Waals surface area contributed by atoms with Crippen molar-refractivity contribution in [2.75, 3.05) is 43.5 Å². The number of benzene rings is 1. The highest BCUT2D eigenvalue weighted by atomic mass is 32.1. The summed E-state index contributed by atoms with van der Waals surface area (Å²) in [4.78, 5) is 38.9. The van der Waals surface area contributed by atoms with Crippen LogP contribution in [0.25, 0.3) is 10.3 Å². The van der Waals surface area contributed by atoms with E-state index in [1.165, 1.54) is 0 Å². The molecule has 162 valence electrons. The summed E-state index contributed by atoms with van der Waals surface area (Å²) in [5.41, 5.74) is 1.59. The van der Waals surface area contributed by atoms with Gasteiger partial charge in [-0.25, -0.2) is 9.97 Å². The first-order chi connectivity index (χ1) is 15.1. The van der Waals surface area contributed by atoms with E-state index in [1.54, 1.807) is 48.9 Å². The van der Waals surface area contributed by atoms with Gasteiger partial charge in [0.05, 0.1) is 7.11 Å². The molecule has 0 atom stereocenters. The SMILES string of the molecule is COc1ccc(NC(=O)CCC(=O)N2CCCN(c3nc4cccnc4s3)CC2)cc1. The monoisotopic (exact) mass is 439 g/mol. The molecule has 1 N–H and O–H groups in total. The van der Waals surface area contributed by atoms with Gasteiger partial charge in [-0.05, 0) is 42.8 Å². The van der Waals surface area contributed by atoms with Gasteiger partial charge in [0.25, 0.3) is 0 Å². The second kappa shape index (κ2) is 9.74. The number of hydrogen-bond acceptors (Lipinski definition) is 7. The van der Waals surface area contributed by atoms with Gasteiger partial charge in [0, 0.05) is 50.9 Å². The number of nitrogens with one attached hydrogen (secondary N) is 1. The smallest absolute Gasteiger partial charge is 0.224 e. The van der Waals surface area contributed by atoms with Crippen LogP contribution in [0.1, 0.15) is 19.3 Å². The van der Waals surface area contributed by atoms with E-state index in [9.17, 15) is 9.59 Å². The van der Waals surface area contributed by atoms with Crippen molar-refractivity contribution >= 4 is 44.3 Å². The van der Waals surface area contributed by atoms with E-state index < -0.39 is 0 Å². The van der Waals surface area contributed by atoms with Gasteiger partial charge in [-0.15, -0.1) is 0 Å². The molecular formula is C22H25N5O3S. The number of pyridine rings is 1. The molecule has 8 nitrogen and oxygen atoms in total. The van der Waals surface area contributed by atoms with Crippen LogP contribution in [0.15, 0.2) is 42.6 Å². The van der Waals surface area contributed by atoms with Crippen LogP contribution >= 0.6 is 11.3 Å². The molecule has 0 radical (unpaired) electrons. The molecule has 1 aliphatic heterocycles. The average molecular weight is 440 g/mol. The van der Waals surface area contributed by atoms with Crippen molar-refractivity contribution in [3.05, 3.63) is 42.6 Å². The molecule has 2 aromatic heterocycles. The lowest BCUT2D eigenvalue weighted by molar-refractivity contribution is -0.132. The number of ether oxygens (including phenoxy) is 1. The van der Waals surface area contributed by atoms with Gasteiger partial charge in [0.2, 0.25) is 11.8 Å². The highest BCUT2D eigenvalue weighted by molar-refractivity contribution is 7.21. The fourth-order valence-corrected chi connectivity index (χ4v) is 4.49. The Hall–Kier alpha value is -3.20. The number of rotatable bonds is 6. The third-order valence-corrected chi connectivity index (χ3v) is 6.25. The number of thiazole rings is 1. The van der Waals surface area contributed by atoms with Crippen LogP contribution in [0.4, 0.5) is 10.8 Å². The first kappa shape index (κ1) is 21.0. The van der Waals surface area contributed by atoms with Crippen LogP contribution in [-0.4, -0.2) is 60.0 Å². The van der Waals surface area contributed by atoms with Crippen LogP contribution in [0.3, 0.4) is 0 Å². The van der Waals surface area contributed by atoms with Crippen molar-refractivity contribution in [2.24, 2.45) is 0 Å². The molecule has 0 saturated carbocycles. The fraction of sp³-hybridized carbons (Fsp3) is 0.364. The minimum absolute atomic E-state index is 0.0118. The largest absolute Gasteiger partial charge is 0.497 e. The molecular weight excluding hydrogens is 414 g/mol. The molecule has 1 aliphatic rings. The predicted molar refractivity (Wildman–Crippen MR) is 122 cm³/mol. The van der Waals surface area contributed by atoms with E-state index in [-0.39, 0.29) is 24.7 Å². The summed E-state index contributed by atoms with van der Waals surface area (Å²) >= 11 is 1.58. The van der Waals surface area contributed by atoms with E-state index in [1.807, 2.05) is 17.0 Å². The quantitative estimate of drug-likeness (QED) is 0.635. The van der Waals surface area contributed by atoms with E-state index in [0.29, 0.717) is 18.8 Å². The number of methoxy groups -OCH3 is 1. The van der Waals surface area contributed by atoms with Gasteiger partial charge in [-0.2, -0.15) is 0 Å². The van der Waals surface area contributed by atoms with Crippen LogP contribution in [-0.2, 0) is 9.59 Å². The summed E-state index contributed by atoms with van der Waals surface area (Å²) in [6, 6.07) is 11.0. The van der Waals surface area contributed by atoms with E-state index in [2.05, 4.69) is 20.2 Å². The highest BCUT2D eigenvalue weighted by Gasteiger charge is 2.21. The number of carbonyl (C=O) groups is 2. The Bertz CT molecular complexity index is 1020. The second-order valence-corrected chi connectivity index (χ2v) is 8.28. The van der Waals surface area contributed by atoms with Crippen molar-refractivity contribution in [2.45, 2.75) is 19.3 Å². The molecule has 0 bridgehead atoms. The molecule has 0 spiro atoms. The van der Waals surface area contributed by atoms with Crippen LogP contribution < -0.4 is 15.0 Å². The normalized spacial score (nSPS) is 14.4. The maximum atomic E-state index is 12.7. The Morgan fingerprint density at radius 3 is 2.71 bits per heavy atom. The van der Waals surface area contributed by atoms with Crippen molar-refractivity contribution in [1.82, 2.24) is 14.9 Å². The standard InChI is InChI=1S/C22H25N5O3S/c1-30-17-7-5-16(6-8-17)24-19(28)9-10-20(29)26-12-3-13-27(15-14-26)22-25-18-4-2-11-23-21(18)31-22/h2,4-8,11H,3,9-10,12-15H2,1H3,(H,24,28). The maximum Gasteiger partial charge on any atom is 0.224 e. The van der Waals surface area contributed by atoms with Crippen molar-refractivity contribution in [3.8, 4) is 5.75 Å². The number of carbonyl (C=O) groups excluding carboxylic acids is 2. The lowest BCUT2D eigenvalue weighted by atomic mass is 10.2. The van der Waals surface area contributed by atoms with E-state index >= 15 is 0 Å². The van der Waals surface area contributed by atoms with E-state index in [0.717, 1.165) is 40.7 Å². The minimum atomic E-state index is -0.169. The lowest BCUT2D eigenvalue weighted by Gasteiger charge is -2.21. The number of nitrogens with zero attached hydrogens (tertiary/aromatic N) is 4. The summed E-state index contributed by atoms with van der Waals surface area (Å²) in [6.07, 6.45) is 3.01. The topological polar surface area (TPSA) is 87.7 Å². The minimum Gasteiger partial charge on any atom is -0.497 e. The zero-order valence-corrected chi connectivity index (χ0v) is 18.2. The van der Waals surface area contributed by atoms with Gasteiger partial charge in [0.15, 0.2) is 5.13 Å². The summed E-state index contributed by atoms with van der Waals surface area (Å²) in [5.74, 6) is 0.570. The van der Waals surface area contributed by atoms with Gasteiger partial charge in [-0.1, -0.05) is 11.3 Å². The number of aromatic nitrogens is 2. The van der Waals surface area contributed by atoms with Gasteiger partial charge in [-0.3, -0.25) is 9.59 Å². The Kier molecular flexibility index (Phi) is 6.61. The fourth-order valence-electron chi connectivity index (χ4n) is 3.53. The summed E-state index contributed by atoms with van der Waals surface area (Å²) in [7, 11) is 1.59. The number of hydrogen-bond donors (Lipinski definition) is 1. The summed E-state index contributed by atoms with van der Waals surface area (Å²) in [6.45, 7) is 2.89. The molecule has 3 aromatic rings. The van der Waals surface area contributed by atoms with E-state index in [4.69, 9.17) is 4.74 Å². The number of fused-ring (bicyclic) bond motifs is 1. The van der Waals surface area contributed by atoms with Gasteiger partial charge >= 0.3 is 0 Å². The highest BCUT2D eigenvalue weighted by Crippen LogP contribution is 2.27. The predicted octanol–water partition coefficient (Wildman–Crippen LogP) is 3.16. The molecule has 1 aromatic carbocycles. The Morgan fingerprint density at radius 1 is 1.10 bits per heavy atom. The Morgan fingerprint density at radius 2 is 1.94 bits per heavy atom. The summed E-state index contributed by atoms with van der Waals surface area (Å²) in [5, 5.41) is 3.77. The van der Waals surface area contributed by atoms with Crippen molar-refractivity contribution in [3.63, 3.8) is 0 Å². The van der Waals surface area contributed by atoms with Crippen LogP contribution in [0.5, 0.6) is 5.75 Å². The number of amides is 2. The van der Waals surface area contributed by atoms with Crippen LogP contribution in [0, 0.1) is 0 Å². The first-order valence-corrected chi connectivity index (χ1v) is 11.1. The maximum absolute atomic E-state index is 12.7. The van der Waals surface area contributed by atoms with Crippen molar-refractivity contribution in [1.29, 1.82) is 0 Å². The molecule has 3 heterocycles. The van der Waals surface area contributed by atoms with Crippen LogP contribution in [0.2, 0.25) is 0 Å². The van der Waals surface area contributed by atoms with Gasteiger partial charge in [0.1, 0.15) is 16.1 Å². The number of anilines is 2. The molecule has 2 amide bonds. The molecule has 0 aliphatic carbocycles. The van der Waals surface area contributed by atoms with Crippen molar-refractivity contribution < 1.29 is 14.3 Å². The molecule has 0 unspecified atom stereocenters.